The molecule has 1 aromatic carbocycles. The quantitative estimate of drug-likeness (QED) is 0.775. The molecule has 0 unspecified atom stereocenters. The van der Waals surface area contributed by atoms with E-state index in [9.17, 15) is 14.4 Å². The van der Waals surface area contributed by atoms with Crippen LogP contribution >= 0.6 is 0 Å². The number of methoxy groups -OCH3 is 1. The number of amides is 3. The van der Waals surface area contributed by atoms with Gasteiger partial charge in [0.2, 0.25) is 17.7 Å². The Balaban J connectivity index is 1.32. The number of nitrogens with zero attached hydrogens (tertiary/aromatic N) is 2. The van der Waals surface area contributed by atoms with Gasteiger partial charge < -0.3 is 14.6 Å². The fraction of sp³-hybridized carbons (Fsp3) is 0.476. The van der Waals surface area contributed by atoms with Gasteiger partial charge in [-0.15, -0.1) is 0 Å². The lowest BCUT2D eigenvalue weighted by Gasteiger charge is -2.20. The maximum atomic E-state index is 12.6. The number of aromatic nitrogens is 1. The standard InChI is InChI=1S/C21H25N3O4/c1-28-16-4-5-17-15(12-16)6-10-23(17)11-9-22-18(25)14-24-19(26)13-21(20(24)27)7-2-3-8-21/h4-6,10,12H,2-3,7-9,11,13-14H2,1H3,(H,22,25). The first-order valence-electron chi connectivity index (χ1n) is 9.77. The summed E-state index contributed by atoms with van der Waals surface area (Å²) in [5.74, 6) is 0.135. The van der Waals surface area contributed by atoms with Crippen molar-refractivity contribution in [3.05, 3.63) is 30.5 Å². The van der Waals surface area contributed by atoms with E-state index in [1.165, 1.54) is 0 Å². The molecule has 0 bridgehead atoms. The minimum absolute atomic E-state index is 0.157. The summed E-state index contributed by atoms with van der Waals surface area (Å²) in [6, 6.07) is 7.86. The van der Waals surface area contributed by atoms with Crippen molar-refractivity contribution in [2.24, 2.45) is 5.41 Å². The van der Waals surface area contributed by atoms with Gasteiger partial charge in [-0.05, 0) is 37.1 Å². The molecule has 0 atom stereocenters. The van der Waals surface area contributed by atoms with Crippen LogP contribution in [0.4, 0.5) is 0 Å². The maximum Gasteiger partial charge on any atom is 0.240 e. The fourth-order valence-electron chi connectivity index (χ4n) is 4.48. The topological polar surface area (TPSA) is 80.6 Å². The van der Waals surface area contributed by atoms with Crippen molar-refractivity contribution in [3.8, 4) is 5.75 Å². The third-order valence-corrected chi connectivity index (χ3v) is 6.00. The first-order chi connectivity index (χ1) is 13.5. The van der Waals surface area contributed by atoms with Gasteiger partial charge in [0.25, 0.3) is 0 Å². The van der Waals surface area contributed by atoms with Gasteiger partial charge in [0, 0.05) is 36.6 Å². The Morgan fingerprint density at radius 2 is 2.00 bits per heavy atom. The Kier molecular flexibility index (Phi) is 4.83. The number of carbonyl (C=O) groups excluding carboxylic acids is 3. The van der Waals surface area contributed by atoms with E-state index in [2.05, 4.69) is 9.88 Å². The molecule has 2 aliphatic rings. The lowest BCUT2D eigenvalue weighted by Crippen LogP contribution is -2.42. The molecule has 28 heavy (non-hydrogen) atoms. The van der Waals surface area contributed by atoms with Crippen LogP contribution in [0.25, 0.3) is 10.9 Å². The summed E-state index contributed by atoms with van der Waals surface area (Å²) in [5, 5.41) is 3.89. The molecule has 1 aliphatic carbocycles. The number of hydrogen-bond acceptors (Lipinski definition) is 4. The molecule has 1 aromatic heterocycles. The molecule has 2 heterocycles. The molecule has 3 amide bonds. The Labute approximate surface area is 163 Å². The number of rotatable bonds is 6. The van der Waals surface area contributed by atoms with Gasteiger partial charge in [0.15, 0.2) is 0 Å². The Morgan fingerprint density at radius 1 is 1.21 bits per heavy atom. The second kappa shape index (κ2) is 7.30. The monoisotopic (exact) mass is 383 g/mol. The van der Waals surface area contributed by atoms with Gasteiger partial charge in [0.05, 0.1) is 12.5 Å². The largest absolute Gasteiger partial charge is 0.497 e. The van der Waals surface area contributed by atoms with Gasteiger partial charge >= 0.3 is 0 Å². The number of nitrogens with one attached hydrogen (secondary N) is 1. The summed E-state index contributed by atoms with van der Waals surface area (Å²) in [6.45, 7) is 0.854. The van der Waals surface area contributed by atoms with Gasteiger partial charge in [-0.1, -0.05) is 12.8 Å². The second-order valence-electron chi connectivity index (χ2n) is 7.73. The molecule has 1 N–H and O–H groups in total. The molecular formula is C21H25N3O4. The number of imide groups is 1. The normalized spacial score (nSPS) is 18.4. The van der Waals surface area contributed by atoms with E-state index in [1.807, 2.05) is 30.5 Å². The molecule has 1 saturated carbocycles. The molecule has 2 aromatic rings. The SMILES string of the molecule is COc1ccc2c(ccn2CCNC(=O)CN2C(=O)CC3(CCCC3)C2=O)c1. The average molecular weight is 383 g/mol. The second-order valence-corrected chi connectivity index (χ2v) is 7.73. The number of benzene rings is 1. The van der Waals surface area contributed by atoms with Gasteiger partial charge in [-0.25, -0.2) is 0 Å². The van der Waals surface area contributed by atoms with Gasteiger partial charge in [-0.3, -0.25) is 19.3 Å². The first kappa shape index (κ1) is 18.5. The Morgan fingerprint density at radius 3 is 2.75 bits per heavy atom. The van der Waals surface area contributed by atoms with Crippen LogP contribution < -0.4 is 10.1 Å². The molecule has 7 heteroatoms. The first-order valence-corrected chi connectivity index (χ1v) is 9.77. The van der Waals surface area contributed by atoms with Crippen LogP contribution in [0.5, 0.6) is 5.75 Å². The number of fused-ring (bicyclic) bond motifs is 1. The minimum Gasteiger partial charge on any atom is -0.497 e. The van der Waals surface area contributed by atoms with E-state index in [-0.39, 0.29) is 30.7 Å². The average Bonchev–Trinajstić information content (AvgIpc) is 3.37. The smallest absolute Gasteiger partial charge is 0.240 e. The number of carbonyl (C=O) groups is 3. The highest BCUT2D eigenvalue weighted by molar-refractivity contribution is 6.08. The van der Waals surface area contributed by atoms with Crippen LogP contribution in [0.3, 0.4) is 0 Å². The summed E-state index contributed by atoms with van der Waals surface area (Å²) < 4.78 is 7.28. The van der Waals surface area contributed by atoms with Crippen LogP contribution in [-0.2, 0) is 20.9 Å². The Hall–Kier alpha value is -2.83. The van der Waals surface area contributed by atoms with E-state index in [0.29, 0.717) is 13.1 Å². The predicted octanol–water partition coefficient (Wildman–Crippen LogP) is 2.09. The number of hydrogen-bond donors (Lipinski definition) is 1. The van der Waals surface area contributed by atoms with Gasteiger partial charge in [-0.2, -0.15) is 0 Å². The van der Waals surface area contributed by atoms with E-state index < -0.39 is 5.41 Å². The molecule has 1 spiro atoms. The summed E-state index contributed by atoms with van der Waals surface area (Å²) in [7, 11) is 1.64. The molecule has 148 valence electrons. The molecule has 2 fully saturated rings. The van der Waals surface area contributed by atoms with E-state index in [1.54, 1.807) is 7.11 Å². The molecule has 4 rings (SSSR count). The lowest BCUT2D eigenvalue weighted by atomic mass is 9.84. The minimum atomic E-state index is -0.525. The van der Waals surface area contributed by atoms with Gasteiger partial charge in [0.1, 0.15) is 12.3 Å². The molecule has 1 aliphatic heterocycles. The number of ether oxygens (including phenoxy) is 1. The van der Waals surface area contributed by atoms with Crippen molar-refractivity contribution >= 4 is 28.6 Å². The summed E-state index contributed by atoms with van der Waals surface area (Å²) in [5.41, 5.74) is 0.533. The van der Waals surface area contributed by atoms with Crippen molar-refractivity contribution in [2.45, 2.75) is 38.6 Å². The van der Waals surface area contributed by atoms with E-state index >= 15 is 0 Å². The van der Waals surface area contributed by atoms with Crippen LogP contribution in [-0.4, -0.2) is 47.4 Å². The van der Waals surface area contributed by atoms with E-state index in [4.69, 9.17) is 4.74 Å². The zero-order valence-electron chi connectivity index (χ0n) is 16.1. The molecule has 1 saturated heterocycles. The Bertz CT molecular complexity index is 927. The van der Waals surface area contributed by atoms with Crippen molar-refractivity contribution in [3.63, 3.8) is 0 Å². The van der Waals surface area contributed by atoms with Crippen LogP contribution in [0, 0.1) is 5.41 Å². The highest BCUT2D eigenvalue weighted by atomic mass is 16.5. The fourth-order valence-corrected chi connectivity index (χ4v) is 4.48. The van der Waals surface area contributed by atoms with Crippen LogP contribution in [0.2, 0.25) is 0 Å². The predicted molar refractivity (Wildman–Crippen MR) is 104 cm³/mol. The van der Waals surface area contributed by atoms with E-state index in [0.717, 1.165) is 47.2 Å². The highest BCUT2D eigenvalue weighted by Crippen LogP contribution is 2.46. The third kappa shape index (κ3) is 3.25. The van der Waals surface area contributed by atoms with Crippen molar-refractivity contribution in [1.82, 2.24) is 14.8 Å². The lowest BCUT2D eigenvalue weighted by molar-refractivity contribution is -0.144. The van der Waals surface area contributed by atoms with Crippen molar-refractivity contribution in [1.29, 1.82) is 0 Å². The summed E-state index contributed by atoms with van der Waals surface area (Å²) in [4.78, 5) is 38.3. The third-order valence-electron chi connectivity index (χ3n) is 6.00. The van der Waals surface area contributed by atoms with Crippen LogP contribution in [0.15, 0.2) is 30.5 Å². The highest BCUT2D eigenvalue weighted by Gasteiger charge is 2.52. The summed E-state index contributed by atoms with van der Waals surface area (Å²) >= 11 is 0. The molecular weight excluding hydrogens is 358 g/mol. The van der Waals surface area contributed by atoms with Crippen molar-refractivity contribution < 1.29 is 19.1 Å². The zero-order valence-corrected chi connectivity index (χ0v) is 16.1. The summed E-state index contributed by atoms with van der Waals surface area (Å²) in [6.07, 6.45) is 5.72. The molecule has 7 nitrogen and oxygen atoms in total. The molecule has 0 radical (unpaired) electrons. The van der Waals surface area contributed by atoms with Crippen molar-refractivity contribution in [2.75, 3.05) is 20.2 Å². The number of likely N-dealkylation sites (tertiary alicyclic amines) is 1. The zero-order chi connectivity index (χ0) is 19.7. The van der Waals surface area contributed by atoms with Crippen LogP contribution in [0.1, 0.15) is 32.1 Å². The maximum absolute atomic E-state index is 12.6.